The van der Waals surface area contributed by atoms with E-state index in [-0.39, 0.29) is 5.56 Å². The molecule has 17 heavy (non-hydrogen) atoms. The van der Waals surface area contributed by atoms with E-state index < -0.39 is 5.97 Å². The van der Waals surface area contributed by atoms with Crippen LogP contribution in [0.5, 0.6) is 0 Å². The fourth-order valence-corrected chi connectivity index (χ4v) is 1.49. The van der Waals surface area contributed by atoms with Gasteiger partial charge in [0.25, 0.3) is 0 Å². The van der Waals surface area contributed by atoms with Crippen molar-refractivity contribution in [3.63, 3.8) is 0 Å². The van der Waals surface area contributed by atoms with Gasteiger partial charge < -0.3 is 10.4 Å². The standard InChI is InChI=1S/C12H11N3O2/c1-8-9(11(16)17)4-2-5-10(8)15-12-13-6-3-7-14-12/h2-7H,1H3,(H,16,17)(H,13,14,15). The van der Waals surface area contributed by atoms with Crippen LogP contribution in [-0.2, 0) is 0 Å². The lowest BCUT2D eigenvalue weighted by atomic mass is 10.1. The molecule has 1 aromatic heterocycles. The number of anilines is 2. The van der Waals surface area contributed by atoms with Crippen molar-refractivity contribution in [2.45, 2.75) is 6.92 Å². The monoisotopic (exact) mass is 229 g/mol. The number of benzene rings is 1. The molecule has 0 atom stereocenters. The van der Waals surface area contributed by atoms with Crippen LogP contribution in [0.3, 0.4) is 0 Å². The maximum atomic E-state index is 11.0. The SMILES string of the molecule is Cc1c(Nc2ncccn2)cccc1C(=O)O. The Balaban J connectivity index is 2.34. The lowest BCUT2D eigenvalue weighted by molar-refractivity contribution is 0.0696. The molecule has 0 spiro atoms. The summed E-state index contributed by atoms with van der Waals surface area (Å²) in [6, 6.07) is 6.75. The van der Waals surface area contributed by atoms with Crippen molar-refractivity contribution in [2.24, 2.45) is 0 Å². The molecule has 0 aliphatic carbocycles. The van der Waals surface area contributed by atoms with E-state index in [0.717, 1.165) is 0 Å². The van der Waals surface area contributed by atoms with Crippen LogP contribution < -0.4 is 5.32 Å². The van der Waals surface area contributed by atoms with Gasteiger partial charge in [0.1, 0.15) is 0 Å². The molecule has 0 unspecified atom stereocenters. The second-order valence-electron chi connectivity index (χ2n) is 3.48. The smallest absolute Gasteiger partial charge is 0.336 e. The lowest BCUT2D eigenvalue weighted by Crippen LogP contribution is -2.04. The van der Waals surface area contributed by atoms with E-state index in [9.17, 15) is 4.79 Å². The Morgan fingerprint density at radius 2 is 1.94 bits per heavy atom. The minimum atomic E-state index is -0.944. The Hall–Kier alpha value is -2.43. The van der Waals surface area contributed by atoms with Crippen LogP contribution in [0.15, 0.2) is 36.7 Å². The van der Waals surface area contributed by atoms with E-state index in [0.29, 0.717) is 17.2 Å². The molecule has 0 aliphatic heterocycles. The number of carboxylic acids is 1. The fraction of sp³-hybridized carbons (Fsp3) is 0.0833. The van der Waals surface area contributed by atoms with Gasteiger partial charge in [-0.3, -0.25) is 0 Å². The number of carbonyl (C=O) groups is 1. The summed E-state index contributed by atoms with van der Waals surface area (Å²) in [5, 5.41) is 12.0. The highest BCUT2D eigenvalue weighted by molar-refractivity contribution is 5.91. The molecule has 0 saturated carbocycles. The van der Waals surface area contributed by atoms with E-state index in [1.165, 1.54) is 0 Å². The molecule has 2 rings (SSSR count). The fourth-order valence-electron chi connectivity index (χ4n) is 1.49. The summed E-state index contributed by atoms with van der Waals surface area (Å²) >= 11 is 0. The molecule has 0 bridgehead atoms. The Morgan fingerprint density at radius 3 is 2.59 bits per heavy atom. The normalized spacial score (nSPS) is 9.94. The van der Waals surface area contributed by atoms with E-state index in [1.54, 1.807) is 43.6 Å². The van der Waals surface area contributed by atoms with Crippen molar-refractivity contribution < 1.29 is 9.90 Å². The van der Waals surface area contributed by atoms with E-state index in [2.05, 4.69) is 15.3 Å². The Morgan fingerprint density at radius 1 is 1.24 bits per heavy atom. The number of hydrogen-bond acceptors (Lipinski definition) is 4. The van der Waals surface area contributed by atoms with Crippen LogP contribution in [-0.4, -0.2) is 21.0 Å². The molecule has 86 valence electrons. The summed E-state index contributed by atoms with van der Waals surface area (Å²) in [6.45, 7) is 1.74. The zero-order valence-electron chi connectivity index (χ0n) is 9.21. The van der Waals surface area contributed by atoms with Gasteiger partial charge in [-0.15, -0.1) is 0 Å². The maximum absolute atomic E-state index is 11.0. The van der Waals surface area contributed by atoms with E-state index in [1.807, 2.05) is 0 Å². The predicted octanol–water partition coefficient (Wildman–Crippen LogP) is 2.23. The van der Waals surface area contributed by atoms with Gasteiger partial charge in [0, 0.05) is 18.1 Å². The minimum Gasteiger partial charge on any atom is -0.478 e. The highest BCUT2D eigenvalue weighted by Crippen LogP contribution is 2.21. The highest BCUT2D eigenvalue weighted by atomic mass is 16.4. The zero-order valence-corrected chi connectivity index (χ0v) is 9.21. The Bertz CT molecular complexity index is 541. The quantitative estimate of drug-likeness (QED) is 0.844. The van der Waals surface area contributed by atoms with Crippen LogP contribution in [0.1, 0.15) is 15.9 Å². The summed E-state index contributed by atoms with van der Waals surface area (Å²) in [5.41, 5.74) is 1.62. The number of rotatable bonds is 3. The minimum absolute atomic E-state index is 0.269. The van der Waals surface area contributed by atoms with Gasteiger partial charge in [-0.1, -0.05) is 6.07 Å². The summed E-state index contributed by atoms with van der Waals surface area (Å²) in [4.78, 5) is 19.0. The number of nitrogens with zero attached hydrogens (tertiary/aromatic N) is 2. The first-order valence-electron chi connectivity index (χ1n) is 5.05. The van der Waals surface area contributed by atoms with Gasteiger partial charge in [0.2, 0.25) is 5.95 Å². The number of aromatic nitrogens is 2. The predicted molar refractivity (Wildman–Crippen MR) is 63.5 cm³/mol. The average Bonchev–Trinajstić information content (AvgIpc) is 2.33. The van der Waals surface area contributed by atoms with E-state index >= 15 is 0 Å². The van der Waals surface area contributed by atoms with E-state index in [4.69, 9.17) is 5.11 Å². The molecule has 0 amide bonds. The molecular formula is C12H11N3O2. The third-order valence-electron chi connectivity index (χ3n) is 2.38. The van der Waals surface area contributed by atoms with Crippen LogP contribution in [0.25, 0.3) is 0 Å². The Kier molecular flexibility index (Phi) is 3.00. The van der Waals surface area contributed by atoms with Crippen LogP contribution in [0.2, 0.25) is 0 Å². The van der Waals surface area contributed by atoms with Crippen molar-refractivity contribution in [1.29, 1.82) is 0 Å². The first-order valence-corrected chi connectivity index (χ1v) is 5.05. The average molecular weight is 229 g/mol. The van der Waals surface area contributed by atoms with Gasteiger partial charge in [-0.2, -0.15) is 0 Å². The number of hydrogen-bond donors (Lipinski definition) is 2. The van der Waals surface area contributed by atoms with Gasteiger partial charge in [-0.05, 0) is 30.7 Å². The molecule has 1 aromatic carbocycles. The summed E-state index contributed by atoms with van der Waals surface area (Å²) in [5.74, 6) is -0.502. The van der Waals surface area contributed by atoms with Crippen LogP contribution in [0, 0.1) is 6.92 Å². The van der Waals surface area contributed by atoms with Gasteiger partial charge >= 0.3 is 5.97 Å². The number of aromatic carboxylic acids is 1. The molecule has 0 fully saturated rings. The second-order valence-corrected chi connectivity index (χ2v) is 3.48. The topological polar surface area (TPSA) is 75.1 Å². The van der Waals surface area contributed by atoms with Crippen LogP contribution >= 0.6 is 0 Å². The number of carboxylic acid groups (broad SMARTS) is 1. The molecule has 0 radical (unpaired) electrons. The van der Waals surface area contributed by atoms with Crippen molar-refractivity contribution in [3.8, 4) is 0 Å². The molecule has 2 N–H and O–H groups in total. The lowest BCUT2D eigenvalue weighted by Gasteiger charge is -2.09. The summed E-state index contributed by atoms with van der Waals surface area (Å²) < 4.78 is 0. The highest BCUT2D eigenvalue weighted by Gasteiger charge is 2.10. The third kappa shape index (κ3) is 2.39. The second kappa shape index (κ2) is 4.61. The van der Waals surface area contributed by atoms with Gasteiger partial charge in [-0.25, -0.2) is 14.8 Å². The molecule has 2 aromatic rings. The van der Waals surface area contributed by atoms with Crippen LogP contribution in [0.4, 0.5) is 11.6 Å². The third-order valence-corrected chi connectivity index (χ3v) is 2.38. The summed E-state index contributed by atoms with van der Waals surface area (Å²) in [7, 11) is 0. The van der Waals surface area contributed by atoms with Crippen molar-refractivity contribution in [2.75, 3.05) is 5.32 Å². The van der Waals surface area contributed by atoms with Gasteiger partial charge in [0.15, 0.2) is 0 Å². The first-order chi connectivity index (χ1) is 8.18. The zero-order chi connectivity index (χ0) is 12.3. The van der Waals surface area contributed by atoms with Crippen molar-refractivity contribution >= 4 is 17.6 Å². The molecular weight excluding hydrogens is 218 g/mol. The Labute approximate surface area is 98.2 Å². The number of nitrogens with one attached hydrogen (secondary N) is 1. The molecule has 5 nitrogen and oxygen atoms in total. The maximum Gasteiger partial charge on any atom is 0.336 e. The molecule has 1 heterocycles. The summed E-state index contributed by atoms with van der Waals surface area (Å²) in [6.07, 6.45) is 3.23. The van der Waals surface area contributed by atoms with Gasteiger partial charge in [0.05, 0.1) is 5.56 Å². The molecule has 5 heteroatoms. The largest absolute Gasteiger partial charge is 0.478 e. The molecule has 0 aliphatic rings. The first kappa shape index (κ1) is 11.1. The van der Waals surface area contributed by atoms with Crippen molar-refractivity contribution in [1.82, 2.24) is 9.97 Å². The van der Waals surface area contributed by atoms with Crippen molar-refractivity contribution in [3.05, 3.63) is 47.8 Å². The molecule has 0 saturated heterocycles.